The van der Waals surface area contributed by atoms with E-state index in [9.17, 15) is 5.11 Å². The molecule has 1 aliphatic carbocycles. The number of hydrogen-bond donors (Lipinski definition) is 1. The number of para-hydroxylation sites is 1. The summed E-state index contributed by atoms with van der Waals surface area (Å²) in [7, 11) is 0. The van der Waals surface area contributed by atoms with Gasteiger partial charge in [-0.25, -0.2) is 0 Å². The summed E-state index contributed by atoms with van der Waals surface area (Å²) in [5.74, 6) is 0.906. The van der Waals surface area contributed by atoms with Gasteiger partial charge in [-0.3, -0.25) is 4.90 Å². The molecule has 0 radical (unpaired) electrons. The molecule has 2 aromatic carbocycles. The Balaban J connectivity index is 1.63. The van der Waals surface area contributed by atoms with Crippen LogP contribution in [0.3, 0.4) is 0 Å². The van der Waals surface area contributed by atoms with Gasteiger partial charge in [0.1, 0.15) is 12.4 Å². The maximum atomic E-state index is 10.9. The smallest absolute Gasteiger partial charge is 0.119 e. The van der Waals surface area contributed by atoms with Crippen molar-refractivity contribution in [1.29, 1.82) is 0 Å². The number of aliphatic hydroxyl groups is 1. The van der Waals surface area contributed by atoms with Gasteiger partial charge in [0.05, 0.1) is 6.10 Å². The molecule has 0 aliphatic heterocycles. The third-order valence-corrected chi connectivity index (χ3v) is 4.82. The van der Waals surface area contributed by atoms with Crippen LogP contribution in [0.4, 0.5) is 0 Å². The van der Waals surface area contributed by atoms with Gasteiger partial charge < -0.3 is 9.84 Å². The normalized spacial score (nSPS) is 20.0. The molecule has 0 bridgehead atoms. The number of nitrogens with zero attached hydrogens (tertiary/aromatic N) is 1. The molecule has 2 unspecified atom stereocenters. The molecule has 3 nitrogen and oxygen atoms in total. The largest absolute Gasteiger partial charge is 0.492 e. The molecule has 24 heavy (non-hydrogen) atoms. The quantitative estimate of drug-likeness (QED) is 0.840. The van der Waals surface area contributed by atoms with Crippen LogP contribution in [0.2, 0.25) is 0 Å². The third-order valence-electron chi connectivity index (χ3n) is 4.82. The minimum atomic E-state index is -0.404. The zero-order chi connectivity index (χ0) is 16.8. The first kappa shape index (κ1) is 17.0. The van der Waals surface area contributed by atoms with Crippen molar-refractivity contribution in [2.45, 2.75) is 38.3 Å². The molecule has 2 atom stereocenters. The molecule has 0 fully saturated rings. The zero-order valence-corrected chi connectivity index (χ0v) is 14.4. The lowest BCUT2D eigenvalue weighted by Crippen LogP contribution is -2.44. The van der Waals surface area contributed by atoms with E-state index in [1.165, 1.54) is 5.56 Å². The topological polar surface area (TPSA) is 32.7 Å². The molecule has 0 spiro atoms. The van der Waals surface area contributed by atoms with Gasteiger partial charge in [0.25, 0.3) is 0 Å². The van der Waals surface area contributed by atoms with Crippen LogP contribution in [0.1, 0.15) is 37.0 Å². The fourth-order valence-corrected chi connectivity index (χ4v) is 3.63. The van der Waals surface area contributed by atoms with Crippen molar-refractivity contribution in [2.75, 3.05) is 19.7 Å². The molecule has 128 valence electrons. The van der Waals surface area contributed by atoms with Crippen LogP contribution >= 0.6 is 0 Å². The van der Waals surface area contributed by atoms with Crippen molar-refractivity contribution < 1.29 is 9.84 Å². The number of rotatable bonds is 7. The molecular weight excluding hydrogens is 298 g/mol. The standard InChI is InChI=1S/C21H27NO2/c1-2-14-22(15-16-24-18-9-4-3-5-10-18)20-13-12-17-8-6-7-11-19(17)21(20)23/h3-11,20-21,23H,2,12-16H2,1H3. The second-order valence-corrected chi connectivity index (χ2v) is 6.45. The highest BCUT2D eigenvalue weighted by Gasteiger charge is 2.31. The highest BCUT2D eigenvalue weighted by Crippen LogP contribution is 2.32. The molecule has 1 aliphatic rings. The predicted molar refractivity (Wildman–Crippen MR) is 97.3 cm³/mol. The Kier molecular flexibility index (Phi) is 5.89. The number of aliphatic hydroxyl groups excluding tert-OH is 1. The molecule has 0 saturated heterocycles. The van der Waals surface area contributed by atoms with Crippen molar-refractivity contribution in [2.24, 2.45) is 0 Å². The summed E-state index contributed by atoms with van der Waals surface area (Å²) in [4.78, 5) is 2.39. The average Bonchev–Trinajstić information content (AvgIpc) is 2.63. The Bertz CT molecular complexity index is 629. The van der Waals surface area contributed by atoms with Crippen LogP contribution in [0.15, 0.2) is 54.6 Å². The summed E-state index contributed by atoms with van der Waals surface area (Å²) in [5.41, 5.74) is 2.39. The fraction of sp³-hybridized carbons (Fsp3) is 0.429. The maximum absolute atomic E-state index is 10.9. The minimum Gasteiger partial charge on any atom is -0.492 e. The number of benzene rings is 2. The fourth-order valence-electron chi connectivity index (χ4n) is 3.63. The van der Waals surface area contributed by atoms with Crippen LogP contribution in [0.5, 0.6) is 5.75 Å². The van der Waals surface area contributed by atoms with Crippen molar-refractivity contribution in [3.05, 3.63) is 65.7 Å². The van der Waals surface area contributed by atoms with Crippen molar-refractivity contribution >= 4 is 0 Å². The monoisotopic (exact) mass is 325 g/mol. The maximum Gasteiger partial charge on any atom is 0.119 e. The molecule has 1 N–H and O–H groups in total. The number of hydrogen-bond acceptors (Lipinski definition) is 3. The first-order valence-corrected chi connectivity index (χ1v) is 8.97. The molecule has 0 amide bonds. The molecule has 0 saturated carbocycles. The Hall–Kier alpha value is -1.84. The van der Waals surface area contributed by atoms with Crippen LogP contribution < -0.4 is 4.74 Å². The minimum absolute atomic E-state index is 0.180. The summed E-state index contributed by atoms with van der Waals surface area (Å²) in [6.45, 7) is 4.66. The van der Waals surface area contributed by atoms with Crippen molar-refractivity contribution in [3.8, 4) is 5.75 Å². The van der Waals surface area contributed by atoms with Gasteiger partial charge in [0.2, 0.25) is 0 Å². The van der Waals surface area contributed by atoms with Crippen molar-refractivity contribution in [3.63, 3.8) is 0 Å². The van der Waals surface area contributed by atoms with E-state index < -0.39 is 6.10 Å². The number of aryl methyl sites for hydroxylation is 1. The van der Waals surface area contributed by atoms with E-state index in [1.54, 1.807) is 0 Å². The molecule has 3 heteroatoms. The van der Waals surface area contributed by atoms with Crippen LogP contribution in [0.25, 0.3) is 0 Å². The second kappa shape index (κ2) is 8.32. The predicted octanol–water partition coefficient (Wildman–Crippen LogP) is 3.83. The van der Waals surface area contributed by atoms with Crippen molar-refractivity contribution in [1.82, 2.24) is 4.90 Å². The highest BCUT2D eigenvalue weighted by atomic mass is 16.5. The zero-order valence-electron chi connectivity index (χ0n) is 14.4. The SMILES string of the molecule is CCCN(CCOc1ccccc1)C1CCc2ccccc2C1O. The molecule has 0 heterocycles. The van der Waals surface area contributed by atoms with Gasteiger partial charge in [0, 0.05) is 12.6 Å². The van der Waals surface area contributed by atoms with E-state index in [2.05, 4.69) is 30.0 Å². The van der Waals surface area contributed by atoms with E-state index in [4.69, 9.17) is 4.74 Å². The number of fused-ring (bicyclic) bond motifs is 1. The van der Waals surface area contributed by atoms with Crippen LogP contribution in [-0.4, -0.2) is 35.7 Å². The lowest BCUT2D eigenvalue weighted by molar-refractivity contribution is 0.0292. The summed E-state index contributed by atoms with van der Waals surface area (Å²) in [6.07, 6.45) is 2.72. The Labute approximate surface area is 144 Å². The van der Waals surface area contributed by atoms with Gasteiger partial charge >= 0.3 is 0 Å². The van der Waals surface area contributed by atoms with E-state index in [0.29, 0.717) is 6.61 Å². The summed E-state index contributed by atoms with van der Waals surface area (Å²) >= 11 is 0. The third kappa shape index (κ3) is 3.97. The van der Waals surface area contributed by atoms with E-state index in [1.807, 2.05) is 36.4 Å². The molecule has 3 rings (SSSR count). The summed E-state index contributed by atoms with van der Waals surface area (Å²) < 4.78 is 5.86. The Morgan fingerprint density at radius 1 is 1.04 bits per heavy atom. The second-order valence-electron chi connectivity index (χ2n) is 6.45. The Morgan fingerprint density at radius 3 is 2.58 bits per heavy atom. The van der Waals surface area contributed by atoms with Gasteiger partial charge in [-0.2, -0.15) is 0 Å². The van der Waals surface area contributed by atoms with Crippen LogP contribution in [0, 0.1) is 0 Å². The van der Waals surface area contributed by atoms with E-state index >= 15 is 0 Å². The van der Waals surface area contributed by atoms with Gasteiger partial charge in [-0.1, -0.05) is 49.4 Å². The number of ether oxygens (including phenoxy) is 1. The molecule has 0 aromatic heterocycles. The lowest BCUT2D eigenvalue weighted by atomic mass is 9.85. The van der Waals surface area contributed by atoms with E-state index in [0.717, 1.165) is 43.7 Å². The van der Waals surface area contributed by atoms with Gasteiger partial charge in [0.15, 0.2) is 0 Å². The highest BCUT2D eigenvalue weighted by molar-refractivity contribution is 5.32. The Morgan fingerprint density at radius 2 is 1.79 bits per heavy atom. The first-order chi connectivity index (χ1) is 11.8. The van der Waals surface area contributed by atoms with E-state index in [-0.39, 0.29) is 6.04 Å². The van der Waals surface area contributed by atoms with Gasteiger partial charge in [-0.15, -0.1) is 0 Å². The van der Waals surface area contributed by atoms with Gasteiger partial charge in [-0.05, 0) is 49.1 Å². The lowest BCUT2D eigenvalue weighted by Gasteiger charge is -2.38. The first-order valence-electron chi connectivity index (χ1n) is 8.97. The summed E-state index contributed by atoms with van der Waals surface area (Å²) in [5, 5.41) is 10.9. The van der Waals surface area contributed by atoms with Crippen LogP contribution in [-0.2, 0) is 6.42 Å². The summed E-state index contributed by atoms with van der Waals surface area (Å²) in [6, 6.07) is 18.4. The molecule has 2 aromatic rings. The molecular formula is C21H27NO2. The average molecular weight is 325 g/mol.